The van der Waals surface area contributed by atoms with E-state index < -0.39 is 5.54 Å². The maximum atomic E-state index is 9.60. The Hall–Kier alpha value is -5.58. The van der Waals surface area contributed by atoms with Crippen molar-refractivity contribution in [1.29, 1.82) is 0 Å². The molecule has 0 N–H and O–H groups in total. The number of rotatable bonds is 2. The van der Waals surface area contributed by atoms with E-state index in [9.17, 15) is 1.37 Å². The van der Waals surface area contributed by atoms with Crippen LogP contribution < -0.4 is 4.90 Å². The lowest BCUT2D eigenvalue weighted by Crippen LogP contribution is -2.42. The molecule has 0 saturated carbocycles. The minimum absolute atomic E-state index is 0.521. The summed E-state index contributed by atoms with van der Waals surface area (Å²) in [5, 5.41) is 8.07. The molecule has 0 saturated heterocycles. The second-order valence-corrected chi connectivity index (χ2v) is 13.9. The number of para-hydroxylation sites is 1. The highest BCUT2D eigenvalue weighted by atomic mass is 32.1. The Kier molecular flexibility index (Phi) is 5.29. The summed E-state index contributed by atoms with van der Waals surface area (Å²) in [4.78, 5) is 13.2. The zero-order valence-corrected chi connectivity index (χ0v) is 26.8. The van der Waals surface area contributed by atoms with Gasteiger partial charge in [0.15, 0.2) is 0 Å². The number of fused-ring (bicyclic) bond motifs is 13. The highest BCUT2D eigenvalue weighted by molar-refractivity contribution is 7.26. The number of anilines is 2. The van der Waals surface area contributed by atoms with E-state index >= 15 is 0 Å². The summed E-state index contributed by atoms with van der Waals surface area (Å²) < 4.78 is 12.1. The SMILES string of the molecule is [2H]c1cc2ccccc2c2c1C(C)(C)N(c1nc(-c3ccccc3)c3ccccc3n1)c1c-2c2ccccc2c2sc3ccccc3c12. The number of hydrogen-bond donors (Lipinski definition) is 0. The van der Waals surface area contributed by atoms with Gasteiger partial charge in [0.05, 0.1) is 23.8 Å². The molecule has 7 aromatic carbocycles. The average molecular weight is 621 g/mol. The first kappa shape index (κ1) is 25.6. The molecule has 3 nitrogen and oxygen atoms in total. The Bertz CT molecular complexity index is 2780. The van der Waals surface area contributed by atoms with Gasteiger partial charge in [-0.15, -0.1) is 11.3 Å². The van der Waals surface area contributed by atoms with Crippen LogP contribution in [0.5, 0.6) is 0 Å². The van der Waals surface area contributed by atoms with E-state index in [1.165, 1.54) is 30.9 Å². The molecule has 222 valence electrons. The third-order valence-electron chi connectivity index (χ3n) is 9.85. The quantitative estimate of drug-likeness (QED) is 0.193. The predicted molar refractivity (Wildman–Crippen MR) is 200 cm³/mol. The van der Waals surface area contributed by atoms with E-state index in [4.69, 9.17) is 9.97 Å². The van der Waals surface area contributed by atoms with Crippen LogP contribution in [0.15, 0.2) is 140 Å². The molecular formula is C43H29N3S. The minimum atomic E-state index is -0.682. The topological polar surface area (TPSA) is 29.0 Å². The first-order chi connectivity index (χ1) is 23.5. The van der Waals surface area contributed by atoms with Gasteiger partial charge >= 0.3 is 0 Å². The Morgan fingerprint density at radius 3 is 2.11 bits per heavy atom. The number of hydrogen-bond acceptors (Lipinski definition) is 4. The minimum Gasteiger partial charge on any atom is -0.299 e. The standard InChI is InChI=1S/C43H29N3S/c1-43(2)33-25-24-26-14-6-7-17-28(26)36(33)37-29-18-8-9-19-30(29)41-38(32-21-11-13-23-35(32)47-41)40(37)46(43)42-44-34-22-12-10-20-31(34)39(45-42)27-15-4-3-5-16-27/h3-25H,1-2H3/i25D. The molecule has 0 aliphatic carbocycles. The van der Waals surface area contributed by atoms with Crippen LogP contribution in [0.1, 0.15) is 20.8 Å². The first-order valence-corrected chi connectivity index (χ1v) is 16.8. The Morgan fingerprint density at radius 2 is 1.28 bits per heavy atom. The lowest BCUT2D eigenvalue weighted by Gasteiger charge is -2.46. The van der Waals surface area contributed by atoms with Gasteiger partial charge in [-0.3, -0.25) is 4.90 Å². The van der Waals surface area contributed by atoms with Crippen LogP contribution in [0.2, 0.25) is 0 Å². The molecule has 1 aliphatic heterocycles. The highest BCUT2D eigenvalue weighted by Gasteiger charge is 2.43. The van der Waals surface area contributed by atoms with E-state index in [-0.39, 0.29) is 0 Å². The molecule has 0 spiro atoms. The fraction of sp³-hybridized carbons (Fsp3) is 0.0698. The summed E-state index contributed by atoms with van der Waals surface area (Å²) in [7, 11) is 0. The molecule has 10 rings (SSSR count). The lowest BCUT2D eigenvalue weighted by atomic mass is 9.76. The van der Waals surface area contributed by atoms with Gasteiger partial charge in [0.2, 0.25) is 5.95 Å². The van der Waals surface area contributed by atoms with Gasteiger partial charge in [0.1, 0.15) is 0 Å². The molecule has 9 aromatic rings. The molecule has 2 aromatic heterocycles. The van der Waals surface area contributed by atoms with E-state index in [1.807, 2.05) is 29.5 Å². The molecule has 0 unspecified atom stereocenters. The van der Waals surface area contributed by atoms with Crippen molar-refractivity contribution in [2.24, 2.45) is 0 Å². The average Bonchev–Trinajstić information content (AvgIpc) is 3.51. The Morgan fingerprint density at radius 1 is 0.617 bits per heavy atom. The summed E-state index contributed by atoms with van der Waals surface area (Å²) >= 11 is 1.85. The maximum Gasteiger partial charge on any atom is 0.231 e. The first-order valence-electron chi connectivity index (χ1n) is 16.5. The van der Waals surface area contributed by atoms with Crippen molar-refractivity contribution in [2.45, 2.75) is 19.4 Å². The number of benzene rings is 7. The molecule has 0 bridgehead atoms. The van der Waals surface area contributed by atoms with Crippen LogP contribution >= 0.6 is 11.3 Å². The molecule has 0 fully saturated rings. The summed E-state index contributed by atoms with van der Waals surface area (Å²) in [6, 6.07) is 47.3. The van der Waals surface area contributed by atoms with Gasteiger partial charge in [0, 0.05) is 42.1 Å². The number of thiophene rings is 1. The monoisotopic (exact) mass is 620 g/mol. The van der Waals surface area contributed by atoms with Crippen molar-refractivity contribution in [2.75, 3.05) is 4.90 Å². The fourth-order valence-electron chi connectivity index (χ4n) is 7.77. The third-order valence-corrected chi connectivity index (χ3v) is 11.0. The van der Waals surface area contributed by atoms with Crippen LogP contribution in [-0.4, -0.2) is 9.97 Å². The van der Waals surface area contributed by atoms with Crippen LogP contribution in [0, 0.1) is 0 Å². The van der Waals surface area contributed by atoms with Gasteiger partial charge in [-0.25, -0.2) is 9.97 Å². The van der Waals surface area contributed by atoms with Gasteiger partial charge < -0.3 is 0 Å². The zero-order valence-electron chi connectivity index (χ0n) is 27.0. The van der Waals surface area contributed by atoms with Crippen molar-refractivity contribution in [1.82, 2.24) is 9.97 Å². The zero-order chi connectivity index (χ0) is 32.1. The van der Waals surface area contributed by atoms with Crippen LogP contribution in [-0.2, 0) is 5.54 Å². The molecule has 3 heterocycles. The molecule has 4 heteroatoms. The molecule has 0 atom stereocenters. The van der Waals surface area contributed by atoms with Crippen LogP contribution in [0.3, 0.4) is 0 Å². The predicted octanol–water partition coefficient (Wildman–Crippen LogP) is 12.0. The summed E-state index contributed by atoms with van der Waals surface area (Å²) in [6.07, 6.45) is 0. The fourth-order valence-corrected chi connectivity index (χ4v) is 9.01. The largest absolute Gasteiger partial charge is 0.299 e. The van der Waals surface area contributed by atoms with E-state index in [0.29, 0.717) is 12.0 Å². The second-order valence-electron chi connectivity index (χ2n) is 12.8. The van der Waals surface area contributed by atoms with Crippen molar-refractivity contribution in [3.63, 3.8) is 0 Å². The normalized spacial score (nSPS) is 14.2. The van der Waals surface area contributed by atoms with Crippen LogP contribution in [0.25, 0.3) is 75.0 Å². The molecule has 0 amide bonds. The van der Waals surface area contributed by atoms with Gasteiger partial charge in [-0.05, 0) is 53.3 Å². The molecular weight excluding hydrogens is 591 g/mol. The van der Waals surface area contributed by atoms with Gasteiger partial charge in [-0.1, -0.05) is 127 Å². The highest BCUT2D eigenvalue weighted by Crippen LogP contribution is 2.59. The number of aromatic nitrogens is 2. The van der Waals surface area contributed by atoms with Crippen molar-refractivity contribution in [3.05, 3.63) is 145 Å². The Balaban J connectivity index is 1.45. The van der Waals surface area contributed by atoms with Gasteiger partial charge in [-0.2, -0.15) is 0 Å². The van der Waals surface area contributed by atoms with Crippen molar-refractivity contribution < 1.29 is 1.37 Å². The summed E-state index contributed by atoms with van der Waals surface area (Å²) in [5.41, 5.74) is 6.51. The van der Waals surface area contributed by atoms with E-state index in [0.717, 1.165) is 55.3 Å². The molecule has 1 aliphatic rings. The third kappa shape index (κ3) is 3.67. The lowest BCUT2D eigenvalue weighted by molar-refractivity contribution is 0.525. The smallest absolute Gasteiger partial charge is 0.231 e. The Labute approximate surface area is 277 Å². The van der Waals surface area contributed by atoms with Gasteiger partial charge in [0.25, 0.3) is 0 Å². The second kappa shape index (κ2) is 9.71. The van der Waals surface area contributed by atoms with Crippen molar-refractivity contribution in [3.8, 4) is 22.4 Å². The van der Waals surface area contributed by atoms with E-state index in [2.05, 4.69) is 134 Å². The van der Waals surface area contributed by atoms with E-state index in [1.54, 1.807) is 0 Å². The summed E-state index contributed by atoms with van der Waals surface area (Å²) in [6.45, 7) is 4.47. The van der Waals surface area contributed by atoms with Crippen LogP contribution in [0.4, 0.5) is 11.6 Å². The summed E-state index contributed by atoms with van der Waals surface area (Å²) in [5.74, 6) is 0.629. The molecule has 47 heavy (non-hydrogen) atoms. The number of nitrogens with zero attached hydrogens (tertiary/aromatic N) is 3. The maximum absolute atomic E-state index is 9.60. The van der Waals surface area contributed by atoms with Crippen molar-refractivity contribution >= 4 is 75.6 Å². The molecule has 0 radical (unpaired) electrons.